The molecule has 1 aromatic carbocycles. The minimum atomic E-state index is -0.676. The quantitative estimate of drug-likeness (QED) is 0.851. The van der Waals surface area contributed by atoms with Gasteiger partial charge in [0.2, 0.25) is 5.69 Å². The largest absolute Gasteiger partial charge is 0.497 e. The molecule has 0 unspecified atom stereocenters. The summed E-state index contributed by atoms with van der Waals surface area (Å²) in [5.41, 5.74) is -1.09. The SMILES string of the molecule is CCn1c(=O)c(C(=O)NC2CC2)nn(-c2ccc(OC)cc2)c1=O. The summed E-state index contributed by atoms with van der Waals surface area (Å²) in [7, 11) is 1.54. The third-order valence-electron chi connectivity index (χ3n) is 3.82. The maximum atomic E-state index is 12.5. The first kappa shape index (κ1) is 16.0. The van der Waals surface area contributed by atoms with Crippen molar-refractivity contribution >= 4 is 5.91 Å². The Bertz CT molecular complexity index is 878. The maximum Gasteiger partial charge on any atom is 0.352 e. The van der Waals surface area contributed by atoms with Crippen LogP contribution >= 0.6 is 0 Å². The summed E-state index contributed by atoms with van der Waals surface area (Å²) >= 11 is 0. The van der Waals surface area contributed by atoms with Crippen LogP contribution in [0.3, 0.4) is 0 Å². The van der Waals surface area contributed by atoms with Crippen LogP contribution in [0.2, 0.25) is 0 Å². The summed E-state index contributed by atoms with van der Waals surface area (Å²) in [5, 5.41) is 6.73. The number of hydrogen-bond acceptors (Lipinski definition) is 5. The average molecular weight is 330 g/mol. The Morgan fingerprint density at radius 2 is 1.96 bits per heavy atom. The number of benzene rings is 1. The first-order valence-corrected chi connectivity index (χ1v) is 7.74. The van der Waals surface area contributed by atoms with Gasteiger partial charge in [0.05, 0.1) is 12.8 Å². The molecular formula is C16H18N4O4. The monoisotopic (exact) mass is 330 g/mol. The summed E-state index contributed by atoms with van der Waals surface area (Å²) in [6.45, 7) is 1.82. The zero-order chi connectivity index (χ0) is 17.3. The molecule has 1 heterocycles. The number of ether oxygens (including phenoxy) is 1. The molecule has 0 saturated heterocycles. The van der Waals surface area contributed by atoms with Gasteiger partial charge in [0.1, 0.15) is 5.75 Å². The number of rotatable bonds is 5. The van der Waals surface area contributed by atoms with E-state index in [0.717, 1.165) is 22.1 Å². The van der Waals surface area contributed by atoms with Crippen LogP contribution in [0.4, 0.5) is 0 Å². The van der Waals surface area contributed by atoms with Crippen LogP contribution < -0.4 is 21.3 Å². The van der Waals surface area contributed by atoms with Crippen molar-refractivity contribution in [2.24, 2.45) is 0 Å². The van der Waals surface area contributed by atoms with Gasteiger partial charge in [-0.2, -0.15) is 9.78 Å². The number of amides is 1. The molecule has 1 saturated carbocycles. The Balaban J connectivity index is 2.11. The smallest absolute Gasteiger partial charge is 0.352 e. The number of nitrogens with zero attached hydrogens (tertiary/aromatic N) is 3. The average Bonchev–Trinajstić information content (AvgIpc) is 3.39. The fourth-order valence-electron chi connectivity index (χ4n) is 2.31. The Kier molecular flexibility index (Phi) is 4.20. The second-order valence-corrected chi connectivity index (χ2v) is 5.54. The van der Waals surface area contributed by atoms with Gasteiger partial charge >= 0.3 is 5.69 Å². The van der Waals surface area contributed by atoms with E-state index in [1.807, 2.05) is 0 Å². The Hall–Kier alpha value is -2.90. The third kappa shape index (κ3) is 2.94. The minimum absolute atomic E-state index is 0.0927. The summed E-state index contributed by atoms with van der Waals surface area (Å²) in [6.07, 6.45) is 1.79. The maximum absolute atomic E-state index is 12.5. The van der Waals surface area contributed by atoms with Crippen molar-refractivity contribution in [3.05, 3.63) is 50.8 Å². The molecule has 0 spiro atoms. The molecule has 8 heteroatoms. The number of hydrogen-bond donors (Lipinski definition) is 1. The lowest BCUT2D eigenvalue weighted by atomic mass is 10.3. The highest BCUT2D eigenvalue weighted by molar-refractivity contribution is 5.92. The highest BCUT2D eigenvalue weighted by Gasteiger charge is 2.27. The third-order valence-corrected chi connectivity index (χ3v) is 3.82. The fraction of sp³-hybridized carbons (Fsp3) is 0.375. The minimum Gasteiger partial charge on any atom is -0.497 e. The van der Waals surface area contributed by atoms with Gasteiger partial charge in [-0.1, -0.05) is 0 Å². The van der Waals surface area contributed by atoms with Gasteiger partial charge in [-0.05, 0) is 44.0 Å². The first-order valence-electron chi connectivity index (χ1n) is 7.74. The number of carbonyl (C=O) groups is 1. The molecule has 1 N–H and O–H groups in total. The molecule has 24 heavy (non-hydrogen) atoms. The van der Waals surface area contributed by atoms with E-state index >= 15 is 0 Å². The molecule has 1 aliphatic rings. The Labute approximate surface area is 137 Å². The van der Waals surface area contributed by atoms with E-state index in [0.29, 0.717) is 11.4 Å². The van der Waals surface area contributed by atoms with Crippen LogP contribution in [-0.2, 0) is 6.54 Å². The van der Waals surface area contributed by atoms with Gasteiger partial charge in [-0.25, -0.2) is 4.79 Å². The van der Waals surface area contributed by atoms with E-state index in [2.05, 4.69) is 10.4 Å². The zero-order valence-electron chi connectivity index (χ0n) is 13.5. The number of methoxy groups -OCH3 is 1. The second kappa shape index (κ2) is 6.31. The van der Waals surface area contributed by atoms with Crippen LogP contribution in [0.1, 0.15) is 30.3 Å². The Morgan fingerprint density at radius 3 is 2.50 bits per heavy atom. The summed E-state index contributed by atoms with van der Waals surface area (Å²) in [5.74, 6) is 0.0780. The molecule has 2 aromatic rings. The summed E-state index contributed by atoms with van der Waals surface area (Å²) in [4.78, 5) is 37.1. The molecule has 126 valence electrons. The van der Waals surface area contributed by atoms with Crippen molar-refractivity contribution < 1.29 is 9.53 Å². The van der Waals surface area contributed by atoms with E-state index in [9.17, 15) is 14.4 Å². The van der Waals surface area contributed by atoms with Crippen molar-refractivity contribution in [1.29, 1.82) is 0 Å². The zero-order valence-corrected chi connectivity index (χ0v) is 13.5. The highest BCUT2D eigenvalue weighted by atomic mass is 16.5. The first-order chi connectivity index (χ1) is 11.5. The van der Waals surface area contributed by atoms with E-state index in [1.54, 1.807) is 31.2 Å². The second-order valence-electron chi connectivity index (χ2n) is 5.54. The standard InChI is InChI=1S/C16H18N4O4/c1-3-19-15(22)13(14(21)17-10-4-5-10)18-20(16(19)23)11-6-8-12(24-2)9-7-11/h6-10H,3-5H2,1-2H3,(H,17,21). The van der Waals surface area contributed by atoms with Crippen molar-refractivity contribution in [3.63, 3.8) is 0 Å². The van der Waals surface area contributed by atoms with Crippen molar-refractivity contribution in [2.45, 2.75) is 32.4 Å². The van der Waals surface area contributed by atoms with Crippen LogP contribution in [0.15, 0.2) is 33.9 Å². The van der Waals surface area contributed by atoms with Crippen molar-refractivity contribution in [3.8, 4) is 11.4 Å². The van der Waals surface area contributed by atoms with Crippen LogP contribution in [0.25, 0.3) is 5.69 Å². The fourth-order valence-corrected chi connectivity index (χ4v) is 2.31. The lowest BCUT2D eigenvalue weighted by Crippen LogP contribution is -2.45. The number of carbonyl (C=O) groups excluding carboxylic acids is 1. The van der Waals surface area contributed by atoms with Crippen LogP contribution in [-0.4, -0.2) is 33.4 Å². The van der Waals surface area contributed by atoms with E-state index in [1.165, 1.54) is 7.11 Å². The molecule has 0 atom stereocenters. The van der Waals surface area contributed by atoms with Crippen molar-refractivity contribution in [2.75, 3.05) is 7.11 Å². The van der Waals surface area contributed by atoms with Crippen LogP contribution in [0.5, 0.6) is 5.75 Å². The van der Waals surface area contributed by atoms with Gasteiger partial charge in [0.25, 0.3) is 11.5 Å². The number of nitrogens with one attached hydrogen (secondary N) is 1. The number of aromatic nitrogens is 3. The van der Waals surface area contributed by atoms with Crippen molar-refractivity contribution in [1.82, 2.24) is 19.7 Å². The lowest BCUT2D eigenvalue weighted by molar-refractivity contribution is 0.0941. The molecule has 0 bridgehead atoms. The Morgan fingerprint density at radius 1 is 1.29 bits per heavy atom. The normalized spacial score (nSPS) is 13.6. The molecule has 0 aliphatic heterocycles. The highest BCUT2D eigenvalue weighted by Crippen LogP contribution is 2.18. The van der Waals surface area contributed by atoms with E-state index in [4.69, 9.17) is 4.74 Å². The molecular weight excluding hydrogens is 312 g/mol. The van der Waals surface area contributed by atoms with Gasteiger partial charge in [-0.3, -0.25) is 14.2 Å². The molecule has 1 aromatic heterocycles. The molecule has 3 rings (SSSR count). The molecule has 1 fully saturated rings. The molecule has 8 nitrogen and oxygen atoms in total. The van der Waals surface area contributed by atoms with Crippen LogP contribution in [0, 0.1) is 0 Å². The molecule has 1 aliphatic carbocycles. The summed E-state index contributed by atoms with van der Waals surface area (Å²) < 4.78 is 7.15. The molecule has 0 radical (unpaired) electrons. The van der Waals surface area contributed by atoms with Gasteiger partial charge in [-0.15, -0.1) is 0 Å². The van der Waals surface area contributed by atoms with E-state index < -0.39 is 17.2 Å². The van der Waals surface area contributed by atoms with Gasteiger partial charge in [0, 0.05) is 12.6 Å². The summed E-state index contributed by atoms with van der Waals surface area (Å²) in [6, 6.07) is 6.72. The predicted molar refractivity (Wildman–Crippen MR) is 86.8 cm³/mol. The topological polar surface area (TPSA) is 95.2 Å². The lowest BCUT2D eigenvalue weighted by Gasteiger charge is -2.11. The van der Waals surface area contributed by atoms with E-state index in [-0.39, 0.29) is 18.3 Å². The van der Waals surface area contributed by atoms with Gasteiger partial charge < -0.3 is 10.1 Å². The molecule has 1 amide bonds. The van der Waals surface area contributed by atoms with Gasteiger partial charge in [0.15, 0.2) is 0 Å². The predicted octanol–water partition coefficient (Wildman–Crippen LogP) is 0.315.